The van der Waals surface area contributed by atoms with Gasteiger partial charge in [-0.05, 0) is 57.3 Å². The lowest BCUT2D eigenvalue weighted by Crippen LogP contribution is -2.38. The van der Waals surface area contributed by atoms with Crippen LogP contribution in [0.2, 0.25) is 0 Å². The number of carbonyl (C=O) groups is 2. The van der Waals surface area contributed by atoms with Gasteiger partial charge >= 0.3 is 5.97 Å². The van der Waals surface area contributed by atoms with Crippen LogP contribution < -0.4 is 5.32 Å². The zero-order chi connectivity index (χ0) is 35.0. The number of carbonyl (C=O) groups excluding carboxylic acids is 2. The number of aromatic nitrogens is 4. The smallest absolute Gasteiger partial charge is 0.303 e. The van der Waals surface area contributed by atoms with E-state index in [0.29, 0.717) is 10.9 Å². The van der Waals surface area contributed by atoms with Crippen molar-refractivity contribution in [3.63, 3.8) is 0 Å². The molecule has 0 bridgehead atoms. The molecule has 50 heavy (non-hydrogen) atoms. The van der Waals surface area contributed by atoms with Gasteiger partial charge in [-0.15, -0.1) is 5.10 Å². The molecular weight excluding hydrogens is 655 g/mol. The van der Waals surface area contributed by atoms with E-state index in [9.17, 15) is 14.7 Å². The van der Waals surface area contributed by atoms with Crippen molar-refractivity contribution in [2.75, 3.05) is 5.75 Å². The Morgan fingerprint density at radius 2 is 1.64 bits per heavy atom. The van der Waals surface area contributed by atoms with E-state index in [0.717, 1.165) is 39.1 Å². The first-order valence-corrected chi connectivity index (χ1v) is 17.4. The number of ether oxygens (including phenoxy) is 3. The highest BCUT2D eigenvalue weighted by atomic mass is 32.2. The maximum atomic E-state index is 12.5. The number of rotatable bonds is 12. The van der Waals surface area contributed by atoms with Gasteiger partial charge in [-0.1, -0.05) is 110 Å². The van der Waals surface area contributed by atoms with Crippen LogP contribution in [-0.2, 0) is 37.0 Å². The topological polar surface area (TPSA) is 138 Å². The first-order chi connectivity index (χ1) is 24.3. The van der Waals surface area contributed by atoms with E-state index < -0.39 is 18.4 Å². The summed E-state index contributed by atoms with van der Waals surface area (Å²) >= 11 is 1.53. The number of thioether (sulfide) groups is 1. The molecule has 1 aliphatic rings. The van der Waals surface area contributed by atoms with Crippen molar-refractivity contribution >= 4 is 23.6 Å². The predicted octanol–water partition coefficient (Wildman–Crippen LogP) is 5.97. The number of hydrogen-bond donors (Lipinski definition) is 2. The molecule has 1 amide bonds. The van der Waals surface area contributed by atoms with Gasteiger partial charge in [0, 0.05) is 30.7 Å². The summed E-state index contributed by atoms with van der Waals surface area (Å²) in [5.41, 5.74) is 6.42. The second-order valence-electron chi connectivity index (χ2n) is 12.1. The van der Waals surface area contributed by atoms with E-state index in [1.165, 1.54) is 18.7 Å². The highest BCUT2D eigenvalue weighted by molar-refractivity contribution is 7.99. The zero-order valence-electron chi connectivity index (χ0n) is 28.0. The molecule has 258 valence electrons. The number of hydrogen-bond acceptors (Lipinski definition) is 10. The molecule has 11 nitrogen and oxygen atoms in total. The summed E-state index contributed by atoms with van der Waals surface area (Å²) in [5.74, 6) is -0.290. The molecule has 5 atom stereocenters. The van der Waals surface area contributed by atoms with E-state index in [1.54, 1.807) is 11.6 Å². The first kappa shape index (κ1) is 35.0. The van der Waals surface area contributed by atoms with Gasteiger partial charge in [0.25, 0.3) is 5.91 Å². The number of nitrogens with zero attached hydrogens (tertiary/aromatic N) is 4. The van der Waals surface area contributed by atoms with Crippen molar-refractivity contribution in [2.24, 2.45) is 5.92 Å². The Balaban J connectivity index is 1.21. The molecule has 1 aliphatic heterocycles. The molecule has 0 spiro atoms. The molecule has 12 heteroatoms. The summed E-state index contributed by atoms with van der Waals surface area (Å²) in [5, 5.41) is 25.5. The fraction of sp³-hybridized carbons (Fsp3) is 0.289. The monoisotopic (exact) mass is 693 g/mol. The zero-order valence-corrected chi connectivity index (χ0v) is 28.8. The van der Waals surface area contributed by atoms with Crippen molar-refractivity contribution in [1.29, 1.82) is 0 Å². The molecule has 5 aromatic rings. The van der Waals surface area contributed by atoms with Crippen molar-refractivity contribution in [1.82, 2.24) is 25.5 Å². The number of benzene rings is 4. The summed E-state index contributed by atoms with van der Waals surface area (Å²) in [6.45, 7) is 5.19. The highest BCUT2D eigenvalue weighted by Gasteiger charge is 2.38. The van der Waals surface area contributed by atoms with E-state index in [1.807, 2.05) is 103 Å². The van der Waals surface area contributed by atoms with Crippen LogP contribution in [0.5, 0.6) is 0 Å². The first-order valence-electron chi connectivity index (χ1n) is 16.4. The maximum Gasteiger partial charge on any atom is 0.303 e. The van der Waals surface area contributed by atoms with Crippen LogP contribution in [0.1, 0.15) is 55.4 Å². The van der Waals surface area contributed by atoms with Gasteiger partial charge in [0.05, 0.1) is 24.5 Å². The van der Waals surface area contributed by atoms with E-state index >= 15 is 0 Å². The Morgan fingerprint density at radius 1 is 0.940 bits per heavy atom. The van der Waals surface area contributed by atoms with Crippen LogP contribution in [-0.4, -0.2) is 55.2 Å². The standard InChI is InChI=1S/C38H39N5O6S/c1-24-34(23-50-38-40-41-42-43(38)32-10-5-4-6-11-32)48-37(49-35(24)29-15-13-27(22-44)14-16-29)30-19-17-28(18-20-30)33-12-8-7-9-31(33)21-39-36(46)25(2)47-26(3)45/h4-20,24-25,34-35,37,44H,21-23H2,1-3H3,(H,39,46). The Morgan fingerprint density at radius 3 is 2.36 bits per heavy atom. The predicted molar refractivity (Wildman–Crippen MR) is 188 cm³/mol. The molecule has 1 fully saturated rings. The molecular formula is C38H39N5O6S. The molecule has 4 aromatic carbocycles. The normalized spacial score (nSPS) is 19.4. The minimum Gasteiger partial charge on any atom is -0.453 e. The van der Waals surface area contributed by atoms with Gasteiger partial charge < -0.3 is 24.6 Å². The Kier molecular flexibility index (Phi) is 11.3. The number of para-hydroxylation sites is 1. The van der Waals surface area contributed by atoms with E-state index in [2.05, 4.69) is 27.8 Å². The van der Waals surface area contributed by atoms with Gasteiger partial charge in [0.1, 0.15) is 0 Å². The van der Waals surface area contributed by atoms with Crippen LogP contribution in [0.25, 0.3) is 16.8 Å². The van der Waals surface area contributed by atoms with Gasteiger partial charge in [-0.2, -0.15) is 4.68 Å². The second-order valence-corrected chi connectivity index (χ2v) is 13.1. The van der Waals surface area contributed by atoms with Gasteiger partial charge in [-0.3, -0.25) is 9.59 Å². The quantitative estimate of drug-likeness (QED) is 0.119. The van der Waals surface area contributed by atoms with E-state index in [4.69, 9.17) is 14.2 Å². The number of aliphatic hydroxyl groups excluding tert-OH is 1. The largest absolute Gasteiger partial charge is 0.453 e. The Bertz CT molecular complexity index is 1890. The summed E-state index contributed by atoms with van der Waals surface area (Å²) in [7, 11) is 0. The van der Waals surface area contributed by atoms with Gasteiger partial charge in [0.2, 0.25) is 5.16 Å². The second kappa shape index (κ2) is 16.2. The molecule has 6 rings (SSSR count). The minimum atomic E-state index is -0.880. The third-order valence-corrected chi connectivity index (χ3v) is 9.63. The van der Waals surface area contributed by atoms with Crippen molar-refractivity contribution in [3.05, 3.63) is 125 Å². The molecule has 1 aromatic heterocycles. The lowest BCUT2D eigenvalue weighted by Gasteiger charge is -2.41. The molecule has 1 saturated heterocycles. The van der Waals surface area contributed by atoms with Crippen LogP contribution in [0, 0.1) is 5.92 Å². The minimum absolute atomic E-state index is 0.00953. The summed E-state index contributed by atoms with van der Waals surface area (Å²) < 4.78 is 20.1. The fourth-order valence-electron chi connectivity index (χ4n) is 5.87. The Labute approximate surface area is 295 Å². The number of aliphatic hydroxyl groups is 1. The van der Waals surface area contributed by atoms with Crippen LogP contribution in [0.15, 0.2) is 108 Å². The summed E-state index contributed by atoms with van der Waals surface area (Å²) in [4.78, 5) is 23.8. The molecule has 2 heterocycles. The van der Waals surface area contributed by atoms with Crippen molar-refractivity contribution < 1.29 is 28.9 Å². The molecule has 0 saturated carbocycles. The average molecular weight is 694 g/mol. The lowest BCUT2D eigenvalue weighted by molar-refractivity contribution is -0.268. The number of tetrazole rings is 1. The van der Waals surface area contributed by atoms with Crippen molar-refractivity contribution in [2.45, 2.75) is 63.7 Å². The molecule has 2 N–H and O–H groups in total. The van der Waals surface area contributed by atoms with E-state index in [-0.39, 0.29) is 37.2 Å². The number of amides is 1. The molecule has 5 unspecified atom stereocenters. The van der Waals surface area contributed by atoms with Gasteiger partial charge in [-0.25, -0.2) is 0 Å². The maximum absolute atomic E-state index is 12.5. The molecule has 0 radical (unpaired) electrons. The van der Waals surface area contributed by atoms with Crippen molar-refractivity contribution in [3.8, 4) is 16.8 Å². The SMILES string of the molecule is CC(=O)OC(C)C(=O)NCc1ccccc1-c1ccc(C2OC(CSc3nnnn3-c3ccccc3)C(C)C(c3ccc(CO)cc3)O2)cc1. The number of nitrogens with one attached hydrogen (secondary N) is 1. The summed E-state index contributed by atoms with van der Waals surface area (Å²) in [6.07, 6.45) is -2.00. The fourth-order valence-corrected chi connectivity index (χ4v) is 6.93. The van der Waals surface area contributed by atoms with Gasteiger partial charge in [0.15, 0.2) is 12.4 Å². The van der Waals surface area contributed by atoms with Crippen LogP contribution in [0.3, 0.4) is 0 Å². The average Bonchev–Trinajstić information content (AvgIpc) is 3.62. The van der Waals surface area contributed by atoms with Crippen LogP contribution in [0.4, 0.5) is 0 Å². The highest BCUT2D eigenvalue weighted by Crippen LogP contribution is 2.43. The third-order valence-electron chi connectivity index (χ3n) is 8.62. The summed E-state index contributed by atoms with van der Waals surface area (Å²) in [6, 6.07) is 33.5. The molecule has 0 aliphatic carbocycles. The number of esters is 1. The third kappa shape index (κ3) is 8.28. The van der Waals surface area contributed by atoms with Crippen LogP contribution >= 0.6 is 11.8 Å². The lowest BCUT2D eigenvalue weighted by atomic mass is 9.91. The Hall–Kier alpha value is -4.88.